The number of hydrogen-bond donors (Lipinski definition) is 2. The fourth-order valence-corrected chi connectivity index (χ4v) is 2.79. The fraction of sp³-hybridized carbons (Fsp3) is 0.294. The van der Waals surface area contributed by atoms with E-state index < -0.39 is 5.91 Å². The average molecular weight is 298 g/mol. The molecule has 1 aliphatic rings. The minimum absolute atomic E-state index is 0.143. The zero-order valence-corrected chi connectivity index (χ0v) is 12.7. The van der Waals surface area contributed by atoms with Crippen LogP contribution in [-0.4, -0.2) is 18.0 Å². The predicted molar refractivity (Wildman–Crippen MR) is 84.8 cm³/mol. The minimum atomic E-state index is -0.417. The van der Waals surface area contributed by atoms with Gasteiger partial charge in [0.05, 0.1) is 12.8 Å². The van der Waals surface area contributed by atoms with Crippen molar-refractivity contribution in [2.24, 2.45) is 0 Å². The molecule has 2 aromatic rings. The van der Waals surface area contributed by atoms with Crippen LogP contribution in [-0.2, 0) is 12.8 Å². The minimum Gasteiger partial charge on any atom is -0.495 e. The molecule has 1 heterocycles. The van der Waals surface area contributed by atoms with E-state index in [0.29, 0.717) is 11.4 Å². The van der Waals surface area contributed by atoms with Gasteiger partial charge in [0.15, 0.2) is 0 Å². The van der Waals surface area contributed by atoms with E-state index in [2.05, 4.69) is 10.3 Å². The predicted octanol–water partition coefficient (Wildman–Crippen LogP) is 2.43. The summed E-state index contributed by atoms with van der Waals surface area (Å²) in [5.41, 5.74) is 3.37. The van der Waals surface area contributed by atoms with Gasteiger partial charge in [0.2, 0.25) is 0 Å². The Morgan fingerprint density at radius 1 is 1.27 bits per heavy atom. The number of amides is 1. The summed E-state index contributed by atoms with van der Waals surface area (Å²) < 4.78 is 5.24. The van der Waals surface area contributed by atoms with E-state index in [4.69, 9.17) is 4.74 Å². The van der Waals surface area contributed by atoms with Crippen molar-refractivity contribution >= 4 is 11.6 Å². The maximum Gasteiger partial charge on any atom is 0.261 e. The Hall–Kier alpha value is -2.56. The molecule has 0 unspecified atom stereocenters. The molecule has 0 radical (unpaired) electrons. The van der Waals surface area contributed by atoms with Gasteiger partial charge in [-0.05, 0) is 55.5 Å². The molecule has 114 valence electrons. The summed E-state index contributed by atoms with van der Waals surface area (Å²) in [6, 6.07) is 7.21. The summed E-state index contributed by atoms with van der Waals surface area (Å²) >= 11 is 0. The number of fused-ring (bicyclic) bond motifs is 1. The summed E-state index contributed by atoms with van der Waals surface area (Å²) in [5.74, 6) is 0.149. The number of hydrogen-bond acceptors (Lipinski definition) is 3. The van der Waals surface area contributed by atoms with Crippen molar-refractivity contribution in [2.45, 2.75) is 26.2 Å². The van der Waals surface area contributed by atoms with Crippen molar-refractivity contribution in [3.63, 3.8) is 0 Å². The quantitative estimate of drug-likeness (QED) is 0.914. The van der Waals surface area contributed by atoms with Crippen molar-refractivity contribution in [2.75, 3.05) is 12.4 Å². The second kappa shape index (κ2) is 5.67. The number of nitrogens with one attached hydrogen (secondary N) is 2. The van der Waals surface area contributed by atoms with Crippen molar-refractivity contribution in [3.05, 3.63) is 57.0 Å². The van der Waals surface area contributed by atoms with Gasteiger partial charge in [-0.2, -0.15) is 0 Å². The van der Waals surface area contributed by atoms with Crippen LogP contribution in [0.15, 0.2) is 29.1 Å². The van der Waals surface area contributed by atoms with Crippen LogP contribution < -0.4 is 15.6 Å². The molecule has 1 amide bonds. The standard InChI is InChI=1S/C17H18N2O3/c1-10-6-7-15(22-2)14(8-10)19-17(21)12-9-11-4-3-5-13(11)18-16(12)20/h6-9H,3-5H2,1-2H3,(H,18,20)(H,19,21). The highest BCUT2D eigenvalue weighted by molar-refractivity contribution is 6.05. The number of H-pyrrole nitrogens is 1. The molecule has 1 aliphatic carbocycles. The molecule has 0 saturated carbocycles. The van der Waals surface area contributed by atoms with E-state index in [-0.39, 0.29) is 11.1 Å². The maximum absolute atomic E-state index is 12.4. The summed E-state index contributed by atoms with van der Waals surface area (Å²) in [7, 11) is 1.54. The van der Waals surface area contributed by atoms with E-state index in [1.807, 2.05) is 19.1 Å². The van der Waals surface area contributed by atoms with Gasteiger partial charge in [-0.25, -0.2) is 0 Å². The molecule has 1 aromatic heterocycles. The Labute approximate surface area is 128 Å². The second-order valence-electron chi connectivity index (χ2n) is 5.53. The SMILES string of the molecule is COc1ccc(C)cc1NC(=O)c1cc2c([nH]c1=O)CCC2. The molecule has 0 saturated heterocycles. The van der Waals surface area contributed by atoms with Crippen LogP contribution in [0.5, 0.6) is 5.75 Å². The molecule has 0 fully saturated rings. The van der Waals surface area contributed by atoms with E-state index in [0.717, 1.165) is 36.1 Å². The molecule has 0 spiro atoms. The number of aryl methyl sites for hydroxylation is 3. The number of anilines is 1. The van der Waals surface area contributed by atoms with Crippen LogP contribution in [0.2, 0.25) is 0 Å². The molecule has 3 rings (SSSR count). The van der Waals surface area contributed by atoms with Gasteiger partial charge >= 0.3 is 0 Å². The summed E-state index contributed by atoms with van der Waals surface area (Å²) in [4.78, 5) is 27.3. The van der Waals surface area contributed by atoms with Gasteiger partial charge in [0, 0.05) is 5.69 Å². The highest BCUT2D eigenvalue weighted by Crippen LogP contribution is 2.26. The highest BCUT2D eigenvalue weighted by Gasteiger charge is 2.19. The second-order valence-corrected chi connectivity index (χ2v) is 5.53. The number of pyridine rings is 1. The largest absolute Gasteiger partial charge is 0.495 e. The molecule has 0 bridgehead atoms. The van der Waals surface area contributed by atoms with Crippen LogP contribution in [0.25, 0.3) is 0 Å². The number of rotatable bonds is 3. The Morgan fingerprint density at radius 2 is 2.09 bits per heavy atom. The van der Waals surface area contributed by atoms with Crippen molar-refractivity contribution in [1.29, 1.82) is 0 Å². The van der Waals surface area contributed by atoms with Gasteiger partial charge in [-0.1, -0.05) is 6.07 Å². The number of carbonyl (C=O) groups excluding carboxylic acids is 1. The molecular weight excluding hydrogens is 280 g/mol. The topological polar surface area (TPSA) is 71.2 Å². The highest BCUT2D eigenvalue weighted by atomic mass is 16.5. The van der Waals surface area contributed by atoms with Gasteiger partial charge < -0.3 is 15.0 Å². The number of ether oxygens (including phenoxy) is 1. The summed E-state index contributed by atoms with van der Waals surface area (Å²) in [5, 5.41) is 2.77. The van der Waals surface area contributed by atoms with Gasteiger partial charge in [-0.15, -0.1) is 0 Å². The normalized spacial score (nSPS) is 12.8. The first-order valence-corrected chi connectivity index (χ1v) is 7.29. The van der Waals surface area contributed by atoms with Crippen LogP contribution >= 0.6 is 0 Å². The van der Waals surface area contributed by atoms with Crippen molar-refractivity contribution < 1.29 is 9.53 Å². The first kappa shape index (κ1) is 14.4. The fourth-order valence-electron chi connectivity index (χ4n) is 2.79. The van der Waals surface area contributed by atoms with Crippen LogP contribution in [0.3, 0.4) is 0 Å². The monoisotopic (exact) mass is 298 g/mol. The van der Waals surface area contributed by atoms with E-state index in [1.54, 1.807) is 19.2 Å². The Kier molecular flexibility index (Phi) is 3.71. The van der Waals surface area contributed by atoms with E-state index in [1.165, 1.54) is 0 Å². The lowest BCUT2D eigenvalue weighted by molar-refractivity contribution is 0.102. The van der Waals surface area contributed by atoms with Crippen LogP contribution in [0.1, 0.15) is 33.6 Å². The number of benzene rings is 1. The molecule has 5 heteroatoms. The third kappa shape index (κ3) is 2.62. The van der Waals surface area contributed by atoms with E-state index in [9.17, 15) is 9.59 Å². The lowest BCUT2D eigenvalue weighted by Gasteiger charge is -2.11. The Morgan fingerprint density at radius 3 is 2.86 bits per heavy atom. The number of carbonyl (C=O) groups is 1. The molecular formula is C17H18N2O3. The number of methoxy groups -OCH3 is 1. The molecule has 2 N–H and O–H groups in total. The first-order chi connectivity index (χ1) is 10.6. The number of aromatic nitrogens is 1. The molecule has 0 atom stereocenters. The zero-order valence-electron chi connectivity index (χ0n) is 12.7. The van der Waals surface area contributed by atoms with Crippen molar-refractivity contribution in [3.8, 4) is 5.75 Å². The van der Waals surface area contributed by atoms with Crippen molar-refractivity contribution in [1.82, 2.24) is 4.98 Å². The first-order valence-electron chi connectivity index (χ1n) is 7.29. The number of aromatic amines is 1. The lowest BCUT2D eigenvalue weighted by atomic mass is 10.1. The summed E-state index contributed by atoms with van der Waals surface area (Å²) in [6.07, 6.45) is 2.79. The average Bonchev–Trinajstić information content (AvgIpc) is 2.93. The van der Waals surface area contributed by atoms with Gasteiger partial charge in [-0.3, -0.25) is 9.59 Å². The maximum atomic E-state index is 12.4. The molecule has 1 aromatic carbocycles. The van der Waals surface area contributed by atoms with Crippen LogP contribution in [0.4, 0.5) is 5.69 Å². The van der Waals surface area contributed by atoms with Gasteiger partial charge in [0.25, 0.3) is 11.5 Å². The van der Waals surface area contributed by atoms with E-state index >= 15 is 0 Å². The Bertz CT molecular complexity index is 793. The van der Waals surface area contributed by atoms with Crippen LogP contribution in [0, 0.1) is 6.92 Å². The molecule has 22 heavy (non-hydrogen) atoms. The molecule has 0 aliphatic heterocycles. The smallest absolute Gasteiger partial charge is 0.261 e. The summed E-state index contributed by atoms with van der Waals surface area (Å²) in [6.45, 7) is 1.93. The van der Waals surface area contributed by atoms with Gasteiger partial charge in [0.1, 0.15) is 11.3 Å². The lowest BCUT2D eigenvalue weighted by Crippen LogP contribution is -2.24. The molecule has 5 nitrogen and oxygen atoms in total. The third-order valence-electron chi connectivity index (χ3n) is 3.94. The zero-order chi connectivity index (χ0) is 15.7. The third-order valence-corrected chi connectivity index (χ3v) is 3.94. The Balaban J connectivity index is 1.93.